The van der Waals surface area contributed by atoms with Crippen LogP contribution in [0.1, 0.15) is 67.6 Å². The second-order valence-electron chi connectivity index (χ2n) is 10.7. The molecule has 0 saturated carbocycles. The number of ether oxygens (including phenoxy) is 1. The molecule has 5 rings (SSSR count). The summed E-state index contributed by atoms with van der Waals surface area (Å²) in [5.74, 6) is -1.94. The number of piperidine rings is 1. The molecule has 1 fully saturated rings. The number of pyridine rings is 2. The van der Waals surface area contributed by atoms with Crippen molar-refractivity contribution in [3.05, 3.63) is 94.6 Å². The highest BCUT2D eigenvalue weighted by atomic mass is 19.2. The van der Waals surface area contributed by atoms with Gasteiger partial charge in [0, 0.05) is 48.8 Å². The van der Waals surface area contributed by atoms with Gasteiger partial charge >= 0.3 is 0 Å². The maximum Gasteiger partial charge on any atom is 0.159 e. The maximum absolute atomic E-state index is 14.0. The number of likely N-dealkylation sites (tertiary alicyclic amines) is 1. The lowest BCUT2D eigenvalue weighted by Crippen LogP contribution is -2.43. The molecule has 3 aromatic rings. The van der Waals surface area contributed by atoms with Crippen molar-refractivity contribution in [3.63, 3.8) is 0 Å². The van der Waals surface area contributed by atoms with Crippen molar-refractivity contribution >= 4 is 5.71 Å². The van der Waals surface area contributed by atoms with Crippen LogP contribution in [0.2, 0.25) is 0 Å². The van der Waals surface area contributed by atoms with E-state index in [0.717, 1.165) is 43.6 Å². The molecule has 0 aliphatic carbocycles. The van der Waals surface area contributed by atoms with Crippen LogP contribution < -0.4 is 0 Å². The van der Waals surface area contributed by atoms with Crippen LogP contribution in [-0.4, -0.2) is 51.0 Å². The van der Waals surface area contributed by atoms with Crippen molar-refractivity contribution in [3.8, 4) is 0 Å². The van der Waals surface area contributed by atoms with E-state index in [-0.39, 0.29) is 24.0 Å². The summed E-state index contributed by atoms with van der Waals surface area (Å²) in [5, 5.41) is 14.1. The number of fused-ring (bicyclic) bond motifs is 2. The summed E-state index contributed by atoms with van der Waals surface area (Å²) in [6.07, 6.45) is 7.33. The minimum absolute atomic E-state index is 0.0734. The molecule has 0 bridgehead atoms. The fourth-order valence-electron chi connectivity index (χ4n) is 5.09. The summed E-state index contributed by atoms with van der Waals surface area (Å²) in [5.41, 5.74) is 3.13. The number of aliphatic hydroxyl groups is 1. The Balaban J connectivity index is 1.31. The second kappa shape index (κ2) is 10.5. The molecule has 1 aromatic carbocycles. The van der Waals surface area contributed by atoms with E-state index in [1.807, 2.05) is 24.5 Å². The number of halogens is 2. The molecule has 0 amide bonds. The van der Waals surface area contributed by atoms with Gasteiger partial charge in [0.1, 0.15) is 12.3 Å². The maximum atomic E-state index is 14.0. The molecule has 2 aromatic heterocycles. The van der Waals surface area contributed by atoms with Gasteiger partial charge in [0.25, 0.3) is 0 Å². The van der Waals surface area contributed by atoms with E-state index in [4.69, 9.17) is 9.57 Å². The molecule has 0 radical (unpaired) electrons. The number of benzene rings is 1. The molecule has 1 saturated heterocycles. The number of nitrogens with zero attached hydrogens (tertiary/aromatic N) is 4. The molecule has 200 valence electrons. The lowest BCUT2D eigenvalue weighted by Gasteiger charge is -2.41. The number of hydrogen-bond acceptors (Lipinski definition) is 7. The van der Waals surface area contributed by atoms with Crippen LogP contribution in [-0.2, 0) is 21.8 Å². The molecule has 1 N–H and O–H groups in total. The van der Waals surface area contributed by atoms with Crippen LogP contribution in [0, 0.1) is 11.6 Å². The Bertz CT molecular complexity index is 1320. The summed E-state index contributed by atoms with van der Waals surface area (Å²) in [4.78, 5) is 16.7. The third-order valence-electron chi connectivity index (χ3n) is 7.34. The zero-order valence-corrected chi connectivity index (χ0v) is 21.8. The van der Waals surface area contributed by atoms with Crippen LogP contribution in [0.4, 0.5) is 8.78 Å². The lowest BCUT2D eigenvalue weighted by atomic mass is 9.84. The zero-order valence-electron chi connectivity index (χ0n) is 21.8. The van der Waals surface area contributed by atoms with Crippen molar-refractivity contribution in [1.29, 1.82) is 0 Å². The molecular formula is C29H32F2N4O3. The van der Waals surface area contributed by atoms with E-state index < -0.39 is 17.2 Å². The summed E-state index contributed by atoms with van der Waals surface area (Å²) in [6.45, 7) is 7.65. The normalized spacial score (nSPS) is 18.4. The van der Waals surface area contributed by atoms with E-state index in [0.29, 0.717) is 17.9 Å². The van der Waals surface area contributed by atoms with Gasteiger partial charge in [0.15, 0.2) is 11.6 Å². The first-order chi connectivity index (χ1) is 18.2. The van der Waals surface area contributed by atoms with Crippen LogP contribution in [0.5, 0.6) is 0 Å². The topological polar surface area (TPSA) is 80.1 Å². The highest BCUT2D eigenvalue weighted by molar-refractivity contribution is 6.11. The Morgan fingerprint density at radius 3 is 2.63 bits per heavy atom. The Labute approximate surface area is 221 Å². The second-order valence-corrected chi connectivity index (χ2v) is 10.7. The van der Waals surface area contributed by atoms with Gasteiger partial charge in [0.05, 0.1) is 23.5 Å². The minimum atomic E-state index is -1.11. The third-order valence-corrected chi connectivity index (χ3v) is 7.34. The van der Waals surface area contributed by atoms with Gasteiger partial charge in [-0.1, -0.05) is 11.2 Å². The van der Waals surface area contributed by atoms with E-state index in [2.05, 4.69) is 26.9 Å². The molecule has 38 heavy (non-hydrogen) atoms. The fourth-order valence-corrected chi connectivity index (χ4v) is 5.09. The predicted molar refractivity (Wildman–Crippen MR) is 138 cm³/mol. The van der Waals surface area contributed by atoms with Crippen molar-refractivity contribution < 1.29 is 23.5 Å². The number of aromatic nitrogens is 2. The van der Waals surface area contributed by atoms with Gasteiger partial charge in [-0.3, -0.25) is 14.9 Å². The Hall–Kier alpha value is -3.27. The highest BCUT2D eigenvalue weighted by Crippen LogP contribution is 2.44. The number of hydrogen-bond donors (Lipinski definition) is 1. The van der Waals surface area contributed by atoms with Crippen molar-refractivity contribution in [2.75, 3.05) is 19.7 Å². The molecule has 1 spiro atoms. The van der Waals surface area contributed by atoms with E-state index in [9.17, 15) is 13.9 Å². The van der Waals surface area contributed by atoms with Crippen LogP contribution in [0.15, 0.2) is 60.1 Å². The average molecular weight is 523 g/mol. The summed E-state index contributed by atoms with van der Waals surface area (Å²) in [7, 11) is 0. The van der Waals surface area contributed by atoms with E-state index in [1.54, 1.807) is 26.1 Å². The molecule has 7 nitrogen and oxygen atoms in total. The lowest BCUT2D eigenvalue weighted by molar-refractivity contribution is -0.0838. The summed E-state index contributed by atoms with van der Waals surface area (Å²) >= 11 is 0. The number of oxime groups is 1. The predicted octanol–water partition coefficient (Wildman–Crippen LogP) is 4.88. The fraction of sp³-hybridized carbons (Fsp3) is 0.414. The Morgan fingerprint density at radius 1 is 1.16 bits per heavy atom. The first-order valence-corrected chi connectivity index (χ1v) is 12.8. The Morgan fingerprint density at radius 2 is 1.95 bits per heavy atom. The molecule has 2 aliphatic rings. The summed E-state index contributed by atoms with van der Waals surface area (Å²) < 4.78 is 33.8. The zero-order chi connectivity index (χ0) is 26.9. The largest absolute Gasteiger partial charge is 0.392 e. The standard InChI is InChI=1S/C29H32F2N4O3/c1-19(35-12-9-29(10-13-35)23-16-32-11-8-22(23)17-37-29)21-5-7-26(33-15-21)27(34-38-18-28(2,3)36)20-4-6-24(30)25(31)14-20/h4-8,11,14-16,19,36H,9-10,12-13,17-18H2,1-3H3/b34-27+. The number of rotatable bonds is 7. The van der Waals surface area contributed by atoms with Crippen molar-refractivity contribution in [2.45, 2.75) is 57.5 Å². The minimum Gasteiger partial charge on any atom is -0.392 e. The SMILES string of the molecule is CC(c1ccc(/C(=N/OCC(C)(C)O)c2ccc(F)c(F)c2)nc1)N1CCC2(CC1)OCc1ccncc12. The Kier molecular flexibility index (Phi) is 7.26. The van der Waals surface area contributed by atoms with E-state index >= 15 is 0 Å². The quantitative estimate of drug-likeness (QED) is 0.352. The highest BCUT2D eigenvalue weighted by Gasteiger charge is 2.43. The van der Waals surface area contributed by atoms with Gasteiger partial charge in [-0.25, -0.2) is 8.78 Å². The third kappa shape index (κ3) is 5.45. The van der Waals surface area contributed by atoms with Crippen LogP contribution in [0.3, 0.4) is 0 Å². The summed E-state index contributed by atoms with van der Waals surface area (Å²) in [6, 6.07) is 9.45. The first kappa shape index (κ1) is 26.3. The van der Waals surface area contributed by atoms with Crippen molar-refractivity contribution in [1.82, 2.24) is 14.9 Å². The smallest absolute Gasteiger partial charge is 0.159 e. The molecule has 1 atom stereocenters. The van der Waals surface area contributed by atoms with Gasteiger partial charge < -0.3 is 14.7 Å². The van der Waals surface area contributed by atoms with Gasteiger partial charge in [-0.2, -0.15) is 0 Å². The van der Waals surface area contributed by atoms with Gasteiger partial charge in [-0.05, 0) is 75.1 Å². The monoisotopic (exact) mass is 522 g/mol. The molecule has 9 heteroatoms. The first-order valence-electron chi connectivity index (χ1n) is 12.8. The molecule has 1 unspecified atom stereocenters. The van der Waals surface area contributed by atoms with Gasteiger partial charge in [-0.15, -0.1) is 0 Å². The average Bonchev–Trinajstić information content (AvgIpc) is 3.26. The van der Waals surface area contributed by atoms with Crippen molar-refractivity contribution in [2.24, 2.45) is 5.16 Å². The van der Waals surface area contributed by atoms with Crippen LogP contribution in [0.25, 0.3) is 0 Å². The van der Waals surface area contributed by atoms with E-state index in [1.165, 1.54) is 17.2 Å². The molecular weight excluding hydrogens is 490 g/mol. The van der Waals surface area contributed by atoms with Crippen LogP contribution >= 0.6 is 0 Å². The molecule has 4 heterocycles. The van der Waals surface area contributed by atoms with Gasteiger partial charge in [0.2, 0.25) is 0 Å². The molecule has 2 aliphatic heterocycles.